The van der Waals surface area contributed by atoms with Gasteiger partial charge in [0, 0.05) is 44.8 Å². The molecule has 2 N–H and O–H groups in total. The smallest absolute Gasteiger partial charge is 0.234 e. The summed E-state index contributed by atoms with van der Waals surface area (Å²) in [5, 5.41) is 6.38. The second-order valence-corrected chi connectivity index (χ2v) is 7.69. The Bertz CT molecular complexity index is 708. The first-order valence-corrected chi connectivity index (χ1v) is 10.5. The molecule has 1 saturated heterocycles. The van der Waals surface area contributed by atoms with E-state index in [1.165, 1.54) is 12.1 Å². The Morgan fingerprint density at radius 2 is 2.03 bits per heavy atom. The van der Waals surface area contributed by atoms with E-state index in [1.54, 1.807) is 12.1 Å². The number of rotatable bonds is 8. The van der Waals surface area contributed by atoms with Gasteiger partial charge in [0.1, 0.15) is 17.7 Å². The van der Waals surface area contributed by atoms with Gasteiger partial charge >= 0.3 is 0 Å². The van der Waals surface area contributed by atoms with E-state index in [2.05, 4.69) is 20.4 Å². The van der Waals surface area contributed by atoms with Gasteiger partial charge in [0.15, 0.2) is 5.96 Å². The van der Waals surface area contributed by atoms with Crippen molar-refractivity contribution < 1.29 is 13.9 Å². The first-order valence-electron chi connectivity index (χ1n) is 10.5. The summed E-state index contributed by atoms with van der Waals surface area (Å²) in [6, 6.07) is 6.56. The molecule has 0 bridgehead atoms. The van der Waals surface area contributed by atoms with Gasteiger partial charge in [-0.1, -0.05) is 6.07 Å². The van der Waals surface area contributed by atoms with Crippen LogP contribution in [-0.4, -0.2) is 79.6 Å². The highest BCUT2D eigenvalue weighted by atomic mass is 127. The Labute approximate surface area is 195 Å². The summed E-state index contributed by atoms with van der Waals surface area (Å²) in [4.78, 5) is 21.1. The second kappa shape index (κ2) is 12.3. The summed E-state index contributed by atoms with van der Waals surface area (Å²) in [7, 11) is 0. The van der Waals surface area contributed by atoms with Crippen LogP contribution < -0.4 is 15.4 Å². The van der Waals surface area contributed by atoms with Gasteiger partial charge in [-0.3, -0.25) is 9.69 Å². The van der Waals surface area contributed by atoms with Crippen LogP contribution in [0.15, 0.2) is 29.3 Å². The third-order valence-corrected chi connectivity index (χ3v) is 4.95. The molecular weight excluding hydrogens is 500 g/mol. The number of nitrogens with one attached hydrogen (secondary N) is 2. The fraction of sp³-hybridized carbons (Fsp3) is 0.619. The molecule has 9 heteroatoms. The zero-order valence-electron chi connectivity index (χ0n) is 17.8. The van der Waals surface area contributed by atoms with Crippen molar-refractivity contribution in [2.75, 3.05) is 45.8 Å². The van der Waals surface area contributed by atoms with Crippen molar-refractivity contribution in [2.45, 2.75) is 38.8 Å². The minimum absolute atomic E-state index is 0. The van der Waals surface area contributed by atoms with Crippen molar-refractivity contribution in [1.82, 2.24) is 20.4 Å². The molecule has 1 aliphatic carbocycles. The maximum Gasteiger partial charge on any atom is 0.234 e. The summed E-state index contributed by atoms with van der Waals surface area (Å²) in [5.41, 5.74) is 0. The van der Waals surface area contributed by atoms with Gasteiger partial charge in [-0.25, -0.2) is 9.38 Å². The van der Waals surface area contributed by atoms with Gasteiger partial charge in [-0.05, 0) is 38.8 Å². The summed E-state index contributed by atoms with van der Waals surface area (Å²) in [6.45, 7) is 9.00. The molecule has 1 saturated carbocycles. The highest BCUT2D eigenvalue weighted by Gasteiger charge is 2.26. The summed E-state index contributed by atoms with van der Waals surface area (Å²) >= 11 is 0. The Morgan fingerprint density at radius 3 is 2.67 bits per heavy atom. The zero-order valence-corrected chi connectivity index (χ0v) is 20.1. The van der Waals surface area contributed by atoms with E-state index in [0.717, 1.165) is 51.5 Å². The molecule has 168 valence electrons. The van der Waals surface area contributed by atoms with Crippen LogP contribution in [0.4, 0.5) is 4.39 Å². The van der Waals surface area contributed by atoms with Gasteiger partial charge in [0.05, 0.1) is 13.1 Å². The van der Waals surface area contributed by atoms with Gasteiger partial charge in [-0.2, -0.15) is 0 Å². The molecule has 30 heavy (non-hydrogen) atoms. The van der Waals surface area contributed by atoms with Crippen LogP contribution in [0.2, 0.25) is 0 Å². The predicted molar refractivity (Wildman–Crippen MR) is 127 cm³/mol. The molecule has 1 aromatic carbocycles. The molecule has 1 heterocycles. The van der Waals surface area contributed by atoms with Crippen molar-refractivity contribution >= 4 is 35.8 Å². The molecule has 1 unspecified atom stereocenters. The average molecular weight is 533 g/mol. The monoisotopic (exact) mass is 533 g/mol. The van der Waals surface area contributed by atoms with E-state index in [4.69, 9.17) is 9.73 Å². The molecule has 1 aliphatic heterocycles. The number of carbonyl (C=O) groups excluding carboxylic acids is 1. The lowest BCUT2D eigenvalue weighted by Gasteiger charge is -2.36. The lowest BCUT2D eigenvalue weighted by Crippen LogP contribution is -2.54. The van der Waals surface area contributed by atoms with Gasteiger partial charge in [-0.15, -0.1) is 24.0 Å². The van der Waals surface area contributed by atoms with Crippen LogP contribution in [0.1, 0.15) is 26.7 Å². The number of hydrogen-bond acceptors (Lipinski definition) is 4. The van der Waals surface area contributed by atoms with Crippen LogP contribution in [0.5, 0.6) is 5.75 Å². The number of piperazine rings is 1. The molecule has 7 nitrogen and oxygen atoms in total. The lowest BCUT2D eigenvalue weighted by molar-refractivity contribution is -0.122. The molecular formula is C21H33FIN5O2. The average Bonchev–Trinajstić information content (AvgIpc) is 3.49. The van der Waals surface area contributed by atoms with Crippen molar-refractivity contribution in [3.63, 3.8) is 0 Å². The zero-order chi connectivity index (χ0) is 20.6. The fourth-order valence-corrected chi connectivity index (χ4v) is 3.27. The standard InChI is InChI=1S/C21H32FN5O2.HI/c1-3-23-21(24-14-16(2)29-19-6-4-5-17(22)13-19)27-11-9-26(10-12-27)15-20(28)25-18-7-8-18;/h4-6,13,16,18H,3,7-12,14-15H2,1-2H3,(H,23,24)(H,25,28);1H. The van der Waals surface area contributed by atoms with Gasteiger partial charge in [0.2, 0.25) is 5.91 Å². The third-order valence-electron chi connectivity index (χ3n) is 4.95. The van der Waals surface area contributed by atoms with Crippen molar-refractivity contribution in [3.8, 4) is 5.75 Å². The number of amides is 1. The summed E-state index contributed by atoms with van der Waals surface area (Å²) in [6.07, 6.45) is 2.06. The van der Waals surface area contributed by atoms with Crippen molar-refractivity contribution in [2.24, 2.45) is 4.99 Å². The molecule has 1 atom stereocenters. The number of nitrogens with zero attached hydrogens (tertiary/aromatic N) is 3. The molecule has 1 aromatic rings. The van der Waals surface area contributed by atoms with Crippen molar-refractivity contribution in [3.05, 3.63) is 30.1 Å². The van der Waals surface area contributed by atoms with E-state index in [9.17, 15) is 9.18 Å². The number of guanidine groups is 1. The summed E-state index contributed by atoms with van der Waals surface area (Å²) in [5.74, 6) is 1.18. The fourth-order valence-electron chi connectivity index (χ4n) is 3.27. The highest BCUT2D eigenvalue weighted by Crippen LogP contribution is 2.18. The van der Waals surface area contributed by atoms with Crippen LogP contribution in [0.25, 0.3) is 0 Å². The maximum atomic E-state index is 13.3. The molecule has 2 fully saturated rings. The first kappa shape index (κ1) is 24.6. The number of hydrogen-bond donors (Lipinski definition) is 2. The van der Waals surface area contributed by atoms with Crippen LogP contribution in [0.3, 0.4) is 0 Å². The molecule has 2 aliphatic rings. The Kier molecular flexibility index (Phi) is 10.1. The minimum Gasteiger partial charge on any atom is -0.489 e. The van der Waals surface area contributed by atoms with Gasteiger partial charge in [0.25, 0.3) is 0 Å². The Hall–Kier alpha value is -1.62. The minimum atomic E-state index is -0.310. The second-order valence-electron chi connectivity index (χ2n) is 7.69. The Balaban J connectivity index is 0.00000320. The first-order chi connectivity index (χ1) is 14.0. The van der Waals surface area contributed by atoms with E-state index in [-0.39, 0.29) is 41.8 Å². The molecule has 0 radical (unpaired) electrons. The number of benzene rings is 1. The van der Waals surface area contributed by atoms with Gasteiger partial charge < -0.3 is 20.3 Å². The number of ether oxygens (including phenoxy) is 1. The molecule has 0 spiro atoms. The van der Waals surface area contributed by atoms with Crippen LogP contribution >= 0.6 is 24.0 Å². The highest BCUT2D eigenvalue weighted by molar-refractivity contribution is 14.0. The topological polar surface area (TPSA) is 69.2 Å². The normalized spacial score (nSPS) is 18.4. The number of carbonyl (C=O) groups is 1. The van der Waals surface area contributed by atoms with E-state index in [1.807, 2.05) is 13.8 Å². The maximum absolute atomic E-state index is 13.3. The quantitative estimate of drug-likeness (QED) is 0.305. The molecule has 3 rings (SSSR count). The van der Waals surface area contributed by atoms with E-state index < -0.39 is 0 Å². The predicted octanol–water partition coefficient (Wildman–Crippen LogP) is 2.07. The Morgan fingerprint density at radius 1 is 1.30 bits per heavy atom. The molecule has 1 amide bonds. The van der Waals surface area contributed by atoms with Crippen LogP contribution in [-0.2, 0) is 4.79 Å². The largest absolute Gasteiger partial charge is 0.489 e. The number of halogens is 2. The van der Waals surface area contributed by atoms with E-state index >= 15 is 0 Å². The summed E-state index contributed by atoms with van der Waals surface area (Å²) < 4.78 is 19.1. The lowest BCUT2D eigenvalue weighted by atomic mass is 10.3. The third kappa shape index (κ3) is 8.25. The van der Waals surface area contributed by atoms with E-state index in [0.29, 0.717) is 24.9 Å². The van der Waals surface area contributed by atoms with Crippen LogP contribution in [0, 0.1) is 5.82 Å². The number of aliphatic imine (C=N–C) groups is 1. The molecule has 0 aromatic heterocycles. The van der Waals surface area contributed by atoms with Crippen molar-refractivity contribution in [1.29, 1.82) is 0 Å². The SMILES string of the molecule is CCNC(=NCC(C)Oc1cccc(F)c1)N1CCN(CC(=O)NC2CC2)CC1.I.